The average Bonchev–Trinajstić information content (AvgIpc) is 2.97. The van der Waals surface area contributed by atoms with Gasteiger partial charge in [-0.1, -0.05) is 36.6 Å². The van der Waals surface area contributed by atoms with Crippen LogP contribution >= 0.6 is 11.6 Å². The highest BCUT2D eigenvalue weighted by Gasteiger charge is 2.45. The number of carbonyl (C=O) groups excluding carboxylic acids is 1. The Morgan fingerprint density at radius 1 is 1.14 bits per heavy atom. The number of carbonyl (C=O) groups is 1. The van der Waals surface area contributed by atoms with Gasteiger partial charge in [0.1, 0.15) is 18.0 Å². The third-order valence-corrected chi connectivity index (χ3v) is 11.5. The second-order valence-corrected chi connectivity index (χ2v) is 14.5. The van der Waals surface area contributed by atoms with Gasteiger partial charge in [0.15, 0.2) is 0 Å². The standard InChI is InChI=1S/C33H39ClN2O5S/c1-4-33(38)16-7-8-22(2)23(3)42(39,40)35-32(37)25-12-15-31-30(19-25)36(20-26-11-14-29(26)33)17-6-5-9-24-18-28(34)13-10-27(24)21-41-31/h1,7,10,12-13,15-16,18-19,22-23,26,29,38H,5-6,8-9,11,14,17,20-21H2,2-3H3,(H,35,37)/b16-7+/t22-,23+,26-,29+,33-/m0/s1. The van der Waals surface area contributed by atoms with Gasteiger partial charge < -0.3 is 14.7 Å². The number of allylic oxidation sites excluding steroid dienone is 1. The highest BCUT2D eigenvalue weighted by Crippen LogP contribution is 2.44. The van der Waals surface area contributed by atoms with Gasteiger partial charge in [-0.25, -0.2) is 13.1 Å². The number of anilines is 1. The fraction of sp³-hybridized carbons (Fsp3) is 0.485. The molecule has 1 saturated carbocycles. The van der Waals surface area contributed by atoms with Crippen LogP contribution in [0.2, 0.25) is 5.02 Å². The predicted molar refractivity (Wildman–Crippen MR) is 166 cm³/mol. The third-order valence-electron chi connectivity index (χ3n) is 9.31. The van der Waals surface area contributed by atoms with Crippen LogP contribution in [0.3, 0.4) is 0 Å². The lowest BCUT2D eigenvalue weighted by molar-refractivity contribution is -0.00281. The number of fused-ring (bicyclic) bond motifs is 3. The van der Waals surface area contributed by atoms with E-state index in [1.54, 1.807) is 37.3 Å². The van der Waals surface area contributed by atoms with Crippen molar-refractivity contribution in [1.82, 2.24) is 4.72 Å². The smallest absolute Gasteiger partial charge is 0.264 e. The van der Waals surface area contributed by atoms with Crippen molar-refractivity contribution >= 4 is 33.2 Å². The van der Waals surface area contributed by atoms with E-state index in [1.807, 2.05) is 25.1 Å². The summed E-state index contributed by atoms with van der Waals surface area (Å²) < 4.78 is 35.0. The van der Waals surface area contributed by atoms with E-state index >= 15 is 0 Å². The summed E-state index contributed by atoms with van der Waals surface area (Å²) >= 11 is 6.30. The monoisotopic (exact) mass is 610 g/mol. The maximum Gasteiger partial charge on any atom is 0.264 e. The first-order valence-corrected chi connectivity index (χ1v) is 16.7. The second-order valence-electron chi connectivity index (χ2n) is 12.0. The zero-order chi connectivity index (χ0) is 30.1. The fourth-order valence-corrected chi connectivity index (χ4v) is 7.73. The van der Waals surface area contributed by atoms with Gasteiger partial charge in [-0.3, -0.25) is 4.79 Å². The Morgan fingerprint density at radius 3 is 2.69 bits per heavy atom. The van der Waals surface area contributed by atoms with Crippen LogP contribution in [0.1, 0.15) is 67.4 Å². The summed E-state index contributed by atoms with van der Waals surface area (Å²) in [5.41, 5.74) is 1.74. The van der Waals surface area contributed by atoms with Gasteiger partial charge in [-0.15, -0.1) is 6.42 Å². The number of hydrogen-bond acceptors (Lipinski definition) is 6. The molecule has 5 atom stereocenters. The van der Waals surface area contributed by atoms with Crippen LogP contribution in [0.4, 0.5) is 5.69 Å². The molecule has 2 bridgehead atoms. The topological polar surface area (TPSA) is 95.9 Å². The molecule has 3 aliphatic rings. The number of nitrogens with zero attached hydrogens (tertiary/aromatic N) is 1. The van der Waals surface area contributed by atoms with Crippen molar-refractivity contribution in [2.24, 2.45) is 17.8 Å². The number of sulfonamides is 1. The molecule has 0 radical (unpaired) electrons. The van der Waals surface area contributed by atoms with E-state index in [0.29, 0.717) is 36.9 Å². The molecule has 0 unspecified atom stereocenters. The van der Waals surface area contributed by atoms with Crippen molar-refractivity contribution < 1.29 is 23.1 Å². The van der Waals surface area contributed by atoms with Crippen LogP contribution in [0, 0.1) is 30.1 Å². The van der Waals surface area contributed by atoms with Gasteiger partial charge in [0.25, 0.3) is 5.91 Å². The number of ether oxygens (including phenoxy) is 1. The fourth-order valence-electron chi connectivity index (χ4n) is 6.25. The molecule has 2 aliphatic heterocycles. The molecular weight excluding hydrogens is 572 g/mol. The number of hydrogen-bond donors (Lipinski definition) is 2. The van der Waals surface area contributed by atoms with Crippen molar-refractivity contribution in [2.45, 2.75) is 69.8 Å². The Kier molecular flexibility index (Phi) is 8.94. The molecule has 0 spiro atoms. The first-order chi connectivity index (χ1) is 20.0. The lowest BCUT2D eigenvalue weighted by Crippen LogP contribution is -2.49. The molecular formula is C33H39ClN2O5S. The number of aliphatic hydroxyl groups is 1. The van der Waals surface area contributed by atoms with Crippen molar-refractivity contribution in [3.8, 4) is 18.1 Å². The molecule has 2 N–H and O–H groups in total. The van der Waals surface area contributed by atoms with Crippen molar-refractivity contribution in [1.29, 1.82) is 0 Å². The normalized spacial score (nSPS) is 30.5. The van der Waals surface area contributed by atoms with Gasteiger partial charge in [0.2, 0.25) is 10.0 Å². The zero-order valence-electron chi connectivity index (χ0n) is 24.2. The number of amides is 1. The van der Waals surface area contributed by atoms with Crippen LogP contribution in [0.15, 0.2) is 48.6 Å². The second kappa shape index (κ2) is 12.3. The molecule has 42 heavy (non-hydrogen) atoms. The van der Waals surface area contributed by atoms with Crippen LogP contribution in [0.5, 0.6) is 5.75 Å². The van der Waals surface area contributed by atoms with Gasteiger partial charge in [0, 0.05) is 29.6 Å². The van der Waals surface area contributed by atoms with Crippen molar-refractivity contribution in [3.63, 3.8) is 0 Å². The SMILES string of the molecule is C#C[C@]1(O)/C=C/C[C@H](C)[C@@H](C)S(=O)(=O)NC(=O)c2ccc3c(c2)N(CCCCc2cc(Cl)ccc2CO3)C[C@@H]2CC[C@H]21. The lowest BCUT2D eigenvalue weighted by atomic mass is 9.64. The molecule has 2 aromatic rings. The minimum Gasteiger partial charge on any atom is -0.487 e. The summed E-state index contributed by atoms with van der Waals surface area (Å²) in [5.74, 6) is 2.24. The Balaban J connectivity index is 1.57. The first-order valence-electron chi connectivity index (χ1n) is 14.7. The van der Waals surface area contributed by atoms with E-state index < -0.39 is 26.8 Å². The molecule has 1 fully saturated rings. The molecule has 2 heterocycles. The van der Waals surface area contributed by atoms with Gasteiger partial charge in [0.05, 0.1) is 10.9 Å². The van der Waals surface area contributed by atoms with E-state index in [1.165, 1.54) is 0 Å². The zero-order valence-corrected chi connectivity index (χ0v) is 25.8. The highest BCUT2D eigenvalue weighted by atomic mass is 35.5. The predicted octanol–water partition coefficient (Wildman–Crippen LogP) is 5.50. The molecule has 1 amide bonds. The van der Waals surface area contributed by atoms with Gasteiger partial charge in [-0.2, -0.15) is 0 Å². The van der Waals surface area contributed by atoms with Crippen molar-refractivity contribution in [3.05, 3.63) is 70.3 Å². The summed E-state index contributed by atoms with van der Waals surface area (Å²) in [6.07, 6.45) is 14.1. The molecule has 9 heteroatoms. The van der Waals surface area contributed by atoms with Crippen LogP contribution < -0.4 is 14.4 Å². The molecule has 0 aromatic heterocycles. The number of aryl methyl sites for hydroxylation is 1. The van der Waals surface area contributed by atoms with E-state index in [0.717, 1.165) is 48.9 Å². The van der Waals surface area contributed by atoms with Crippen LogP contribution in [-0.2, 0) is 23.1 Å². The van der Waals surface area contributed by atoms with Crippen LogP contribution in [0.25, 0.3) is 0 Å². The van der Waals surface area contributed by atoms with E-state index in [4.69, 9.17) is 22.8 Å². The maximum atomic E-state index is 13.3. The van der Waals surface area contributed by atoms with E-state index in [2.05, 4.69) is 15.5 Å². The first kappa shape index (κ1) is 30.5. The van der Waals surface area contributed by atoms with Crippen LogP contribution in [-0.4, -0.2) is 43.4 Å². The summed E-state index contributed by atoms with van der Waals surface area (Å²) in [6, 6.07) is 10.9. The summed E-state index contributed by atoms with van der Waals surface area (Å²) in [7, 11) is -3.97. The molecule has 7 nitrogen and oxygen atoms in total. The third kappa shape index (κ3) is 6.34. The Labute approximate surface area is 254 Å². The molecule has 1 aliphatic carbocycles. The molecule has 224 valence electrons. The average molecular weight is 611 g/mol. The summed E-state index contributed by atoms with van der Waals surface area (Å²) in [6.45, 7) is 5.04. The largest absolute Gasteiger partial charge is 0.487 e. The van der Waals surface area contributed by atoms with Crippen molar-refractivity contribution in [2.75, 3.05) is 18.0 Å². The summed E-state index contributed by atoms with van der Waals surface area (Å²) in [5, 5.41) is 11.4. The van der Waals surface area contributed by atoms with Gasteiger partial charge >= 0.3 is 0 Å². The van der Waals surface area contributed by atoms with E-state index in [-0.39, 0.29) is 23.3 Å². The minimum absolute atomic E-state index is 0.131. The Bertz CT molecular complexity index is 1520. The molecule has 2 aromatic carbocycles. The lowest BCUT2D eigenvalue weighted by Gasteiger charge is -2.46. The van der Waals surface area contributed by atoms with Gasteiger partial charge in [-0.05, 0) is 105 Å². The number of benzene rings is 2. The Morgan fingerprint density at radius 2 is 1.95 bits per heavy atom. The quantitative estimate of drug-likeness (QED) is 0.302. The molecule has 0 saturated heterocycles. The van der Waals surface area contributed by atoms with E-state index in [9.17, 15) is 18.3 Å². The number of nitrogens with one attached hydrogen (secondary N) is 1. The number of rotatable bonds is 0. The molecule has 5 rings (SSSR count). The maximum absolute atomic E-state index is 13.3. The highest BCUT2D eigenvalue weighted by molar-refractivity contribution is 7.90. The summed E-state index contributed by atoms with van der Waals surface area (Å²) in [4.78, 5) is 15.5. The number of halogens is 1. The minimum atomic E-state index is -3.97. The Hall–Kier alpha value is -2.99. The number of terminal acetylenes is 1.